The number of carbonyl (C=O) groups excluding carboxylic acids is 3. The summed E-state index contributed by atoms with van der Waals surface area (Å²) in [6.45, 7) is 6.42. The second kappa shape index (κ2) is 59.6. The Morgan fingerprint density at radius 3 is 0.903 bits per heavy atom. The van der Waals surface area contributed by atoms with Crippen molar-refractivity contribution in [1.82, 2.24) is 0 Å². The molecule has 0 N–H and O–H groups in total. The predicted molar refractivity (Wildman–Crippen MR) is 311 cm³/mol. The van der Waals surface area contributed by atoms with E-state index in [0.717, 1.165) is 135 Å². The third kappa shape index (κ3) is 57.0. The molecule has 0 aromatic carbocycles. The molecular weight excluding hydrogens is 889 g/mol. The number of rotatable bonds is 53. The fourth-order valence-electron chi connectivity index (χ4n) is 8.05. The first-order valence-corrected chi connectivity index (χ1v) is 29.9. The molecule has 0 aliphatic heterocycles. The molecule has 0 aromatic rings. The zero-order valence-electron chi connectivity index (χ0n) is 46.9. The maximum atomic E-state index is 12.8. The van der Waals surface area contributed by atoms with Gasteiger partial charge in [-0.25, -0.2) is 0 Å². The molecule has 0 saturated carbocycles. The summed E-state index contributed by atoms with van der Waals surface area (Å²) >= 11 is 0. The maximum absolute atomic E-state index is 12.8. The van der Waals surface area contributed by atoms with Crippen LogP contribution in [0.5, 0.6) is 0 Å². The van der Waals surface area contributed by atoms with E-state index in [0.29, 0.717) is 19.3 Å². The SMILES string of the molecule is CC/C=C\C/C=C\C/C=C\C/C=C\C/C=C\C/C=C\C/C=C\CCCCCCCCCCCCCC(=O)OCC(COC(=O)CCCCCCCCCC)OC(=O)CCCCCCC/C=C\C/C=C\CCC. The molecule has 72 heavy (non-hydrogen) atoms. The number of allylic oxidation sites excluding steroid dienone is 18. The van der Waals surface area contributed by atoms with Gasteiger partial charge in [0, 0.05) is 19.3 Å². The Kier molecular flexibility index (Phi) is 56.4. The largest absolute Gasteiger partial charge is 0.462 e. The average Bonchev–Trinajstić information content (AvgIpc) is 3.38. The fraction of sp³-hybridized carbons (Fsp3) is 0.682. The number of hydrogen-bond acceptors (Lipinski definition) is 6. The number of carbonyl (C=O) groups is 3. The van der Waals surface area contributed by atoms with Gasteiger partial charge in [0.25, 0.3) is 0 Å². The van der Waals surface area contributed by atoms with E-state index in [9.17, 15) is 14.4 Å². The minimum absolute atomic E-state index is 0.0829. The molecule has 0 radical (unpaired) electrons. The lowest BCUT2D eigenvalue weighted by molar-refractivity contribution is -0.167. The summed E-state index contributed by atoms with van der Waals surface area (Å²) in [5.74, 6) is -0.904. The Bertz CT molecular complexity index is 1470. The van der Waals surface area contributed by atoms with Crippen molar-refractivity contribution in [3.05, 3.63) is 109 Å². The predicted octanol–water partition coefficient (Wildman–Crippen LogP) is 20.3. The highest BCUT2D eigenvalue weighted by molar-refractivity contribution is 5.71. The van der Waals surface area contributed by atoms with Crippen molar-refractivity contribution in [3.8, 4) is 0 Å². The standard InChI is InChI=1S/C66H110O6/c1-4-7-10-13-16-19-21-23-24-25-26-27-28-29-30-31-32-33-34-35-36-37-38-39-40-41-42-44-45-47-50-53-56-59-65(68)71-62-63(61-70-64(67)58-55-52-49-18-15-12-9-6-3)72-66(69)60-57-54-51-48-46-43-22-20-17-14-11-8-5-2/h7,10-11,14,16,19-20,22-24,26-27,29-30,32-33,35-36,63H,4-6,8-9,12-13,15,17-18,21,25,28,31,34,37-62H2,1-3H3/b10-7-,14-11-,19-16-,22-20-,24-23-,27-26-,30-29-,33-32-,36-35-. The molecule has 410 valence electrons. The van der Waals surface area contributed by atoms with Gasteiger partial charge in [0.05, 0.1) is 0 Å². The van der Waals surface area contributed by atoms with Crippen LogP contribution in [0.1, 0.15) is 271 Å². The average molecular weight is 1000 g/mol. The van der Waals surface area contributed by atoms with E-state index in [4.69, 9.17) is 14.2 Å². The molecule has 1 atom stereocenters. The lowest BCUT2D eigenvalue weighted by atomic mass is 10.0. The molecule has 0 saturated heterocycles. The lowest BCUT2D eigenvalue weighted by Gasteiger charge is -2.18. The van der Waals surface area contributed by atoms with E-state index in [1.165, 1.54) is 96.3 Å². The Labute approximate surface area is 444 Å². The summed E-state index contributed by atoms with van der Waals surface area (Å²) < 4.78 is 16.8. The number of unbranched alkanes of at least 4 members (excludes halogenated alkanes) is 24. The first kappa shape index (κ1) is 68.1. The minimum atomic E-state index is -0.783. The van der Waals surface area contributed by atoms with Crippen LogP contribution in [0.25, 0.3) is 0 Å². The second-order valence-corrected chi connectivity index (χ2v) is 19.5. The van der Waals surface area contributed by atoms with Crippen molar-refractivity contribution in [2.45, 2.75) is 277 Å². The van der Waals surface area contributed by atoms with E-state index in [-0.39, 0.29) is 31.1 Å². The van der Waals surface area contributed by atoms with Crippen LogP contribution in [-0.4, -0.2) is 37.2 Å². The molecule has 0 aliphatic carbocycles. The molecule has 1 unspecified atom stereocenters. The van der Waals surface area contributed by atoms with Crippen LogP contribution in [0.3, 0.4) is 0 Å². The molecule has 0 fully saturated rings. The van der Waals surface area contributed by atoms with Crippen molar-refractivity contribution in [3.63, 3.8) is 0 Å². The Balaban J connectivity index is 4.11. The summed E-state index contributed by atoms with van der Waals surface area (Å²) in [6, 6.07) is 0. The third-order valence-corrected chi connectivity index (χ3v) is 12.5. The smallest absolute Gasteiger partial charge is 0.306 e. The van der Waals surface area contributed by atoms with Crippen LogP contribution >= 0.6 is 0 Å². The van der Waals surface area contributed by atoms with Crippen LogP contribution in [0.4, 0.5) is 0 Å². The monoisotopic (exact) mass is 999 g/mol. The van der Waals surface area contributed by atoms with E-state index < -0.39 is 6.10 Å². The Morgan fingerprint density at radius 2 is 0.569 bits per heavy atom. The Hall–Kier alpha value is -3.93. The van der Waals surface area contributed by atoms with Crippen molar-refractivity contribution in [1.29, 1.82) is 0 Å². The van der Waals surface area contributed by atoms with E-state index in [2.05, 4.69) is 130 Å². The van der Waals surface area contributed by atoms with Crippen LogP contribution in [0.15, 0.2) is 109 Å². The molecule has 6 nitrogen and oxygen atoms in total. The molecule has 0 aliphatic rings. The zero-order valence-corrected chi connectivity index (χ0v) is 46.9. The van der Waals surface area contributed by atoms with Gasteiger partial charge in [0.2, 0.25) is 0 Å². The topological polar surface area (TPSA) is 78.9 Å². The van der Waals surface area contributed by atoms with Gasteiger partial charge in [-0.15, -0.1) is 0 Å². The first-order chi connectivity index (χ1) is 35.5. The molecule has 0 amide bonds. The van der Waals surface area contributed by atoms with E-state index in [1.807, 2.05) is 0 Å². The maximum Gasteiger partial charge on any atom is 0.306 e. The van der Waals surface area contributed by atoms with Gasteiger partial charge in [-0.1, -0.05) is 259 Å². The highest BCUT2D eigenvalue weighted by atomic mass is 16.6. The fourth-order valence-corrected chi connectivity index (χ4v) is 8.05. The summed E-state index contributed by atoms with van der Waals surface area (Å²) in [6.07, 6.45) is 81.1. The number of hydrogen-bond donors (Lipinski definition) is 0. The van der Waals surface area contributed by atoms with Gasteiger partial charge >= 0.3 is 17.9 Å². The van der Waals surface area contributed by atoms with Crippen LogP contribution in [-0.2, 0) is 28.6 Å². The molecule has 0 aromatic heterocycles. The summed E-state index contributed by atoms with van der Waals surface area (Å²) in [4.78, 5) is 38.0. The Morgan fingerprint density at radius 1 is 0.292 bits per heavy atom. The molecule has 0 rings (SSSR count). The van der Waals surface area contributed by atoms with Crippen molar-refractivity contribution >= 4 is 17.9 Å². The molecule has 0 heterocycles. The highest BCUT2D eigenvalue weighted by Gasteiger charge is 2.19. The van der Waals surface area contributed by atoms with Gasteiger partial charge in [-0.3, -0.25) is 14.4 Å². The van der Waals surface area contributed by atoms with Gasteiger partial charge in [0.15, 0.2) is 6.10 Å². The van der Waals surface area contributed by atoms with Gasteiger partial charge in [-0.05, 0) is 103 Å². The summed E-state index contributed by atoms with van der Waals surface area (Å²) in [5.41, 5.74) is 0. The van der Waals surface area contributed by atoms with Gasteiger partial charge in [0.1, 0.15) is 13.2 Å². The molecule has 6 heteroatoms. The third-order valence-electron chi connectivity index (χ3n) is 12.5. The van der Waals surface area contributed by atoms with Crippen LogP contribution in [0.2, 0.25) is 0 Å². The van der Waals surface area contributed by atoms with Crippen molar-refractivity contribution in [2.75, 3.05) is 13.2 Å². The summed E-state index contributed by atoms with van der Waals surface area (Å²) in [5, 5.41) is 0. The highest BCUT2D eigenvalue weighted by Crippen LogP contribution is 2.15. The number of ether oxygens (including phenoxy) is 3. The minimum Gasteiger partial charge on any atom is -0.462 e. The molecule has 0 spiro atoms. The first-order valence-electron chi connectivity index (χ1n) is 29.9. The quantitative estimate of drug-likeness (QED) is 0.0261. The van der Waals surface area contributed by atoms with Gasteiger partial charge in [-0.2, -0.15) is 0 Å². The molecular formula is C66H110O6. The van der Waals surface area contributed by atoms with E-state index in [1.54, 1.807) is 0 Å². The molecule has 0 bridgehead atoms. The van der Waals surface area contributed by atoms with Crippen molar-refractivity contribution in [2.24, 2.45) is 0 Å². The summed E-state index contributed by atoms with van der Waals surface area (Å²) in [7, 11) is 0. The zero-order chi connectivity index (χ0) is 52.2. The lowest BCUT2D eigenvalue weighted by Crippen LogP contribution is -2.30. The normalized spacial score (nSPS) is 12.9. The van der Waals surface area contributed by atoms with Crippen LogP contribution < -0.4 is 0 Å². The van der Waals surface area contributed by atoms with Gasteiger partial charge < -0.3 is 14.2 Å². The number of esters is 3. The van der Waals surface area contributed by atoms with Crippen molar-refractivity contribution < 1.29 is 28.6 Å². The van der Waals surface area contributed by atoms with Crippen LogP contribution in [0, 0.1) is 0 Å². The van der Waals surface area contributed by atoms with E-state index >= 15 is 0 Å². The second-order valence-electron chi connectivity index (χ2n) is 19.5.